The van der Waals surface area contributed by atoms with Crippen molar-refractivity contribution >= 4 is 17.7 Å². The van der Waals surface area contributed by atoms with Crippen molar-refractivity contribution < 1.29 is 28.2 Å². The Bertz CT molecular complexity index is 824. The molecule has 0 bridgehead atoms. The number of carbonyl (C=O) groups is 2. The molecule has 3 rings (SSSR count). The van der Waals surface area contributed by atoms with Gasteiger partial charge in [0.2, 0.25) is 0 Å². The predicted octanol–water partition coefficient (Wildman–Crippen LogP) is 1.74. The van der Waals surface area contributed by atoms with Crippen LogP contribution in [0.15, 0.2) is 36.7 Å². The van der Waals surface area contributed by atoms with E-state index in [9.17, 15) is 18.4 Å². The highest BCUT2D eigenvalue weighted by atomic mass is 19.3. The summed E-state index contributed by atoms with van der Waals surface area (Å²) in [4.78, 5) is 34.8. The number of anilines is 1. The van der Waals surface area contributed by atoms with Crippen LogP contribution >= 0.6 is 0 Å². The molecule has 2 heterocycles. The summed E-state index contributed by atoms with van der Waals surface area (Å²) < 4.78 is 29.5. The van der Waals surface area contributed by atoms with E-state index in [1.54, 1.807) is 11.0 Å². The Morgan fingerprint density at radius 1 is 1.07 bits per heavy atom. The number of nitrogens with zero attached hydrogens (tertiary/aromatic N) is 4. The molecule has 0 radical (unpaired) electrons. The van der Waals surface area contributed by atoms with Gasteiger partial charge in [0.1, 0.15) is 11.6 Å². The van der Waals surface area contributed by atoms with Crippen LogP contribution in [-0.2, 0) is 0 Å². The number of para-hydroxylation sites is 1. The number of piperazine rings is 1. The molecule has 1 N–H and O–H groups in total. The minimum atomic E-state index is -3.01. The monoisotopic (exact) mass is 378 g/mol. The van der Waals surface area contributed by atoms with Crippen molar-refractivity contribution in [3.63, 3.8) is 0 Å². The van der Waals surface area contributed by atoms with E-state index in [-0.39, 0.29) is 17.0 Å². The Labute approximate surface area is 153 Å². The first kappa shape index (κ1) is 18.5. The molecule has 8 nitrogen and oxygen atoms in total. The van der Waals surface area contributed by atoms with Crippen LogP contribution in [0.1, 0.15) is 20.8 Å². The third kappa shape index (κ3) is 4.27. The van der Waals surface area contributed by atoms with Crippen LogP contribution in [0, 0.1) is 0 Å². The van der Waals surface area contributed by atoms with Crippen molar-refractivity contribution in [2.24, 2.45) is 0 Å². The van der Waals surface area contributed by atoms with Gasteiger partial charge in [-0.25, -0.2) is 14.8 Å². The Morgan fingerprint density at radius 2 is 1.78 bits per heavy atom. The van der Waals surface area contributed by atoms with Gasteiger partial charge in [0.05, 0.1) is 18.0 Å². The average Bonchev–Trinajstić information content (AvgIpc) is 2.68. The molecule has 0 saturated carbocycles. The van der Waals surface area contributed by atoms with Gasteiger partial charge in [-0.1, -0.05) is 12.1 Å². The van der Waals surface area contributed by atoms with E-state index in [4.69, 9.17) is 5.11 Å². The lowest BCUT2D eigenvalue weighted by Crippen LogP contribution is -2.49. The lowest BCUT2D eigenvalue weighted by molar-refractivity contribution is -0.0502. The zero-order chi connectivity index (χ0) is 19.4. The minimum absolute atomic E-state index is 0.0804. The molecule has 1 fully saturated rings. The van der Waals surface area contributed by atoms with Crippen LogP contribution < -0.4 is 9.64 Å². The number of aromatic nitrogens is 2. The molecule has 0 spiro atoms. The first-order valence-corrected chi connectivity index (χ1v) is 8.09. The molecule has 1 saturated heterocycles. The SMILES string of the molecule is O=C(O)c1cnc(N2CCN(C(=O)c3ccccc3OC(F)F)CC2)cn1. The summed E-state index contributed by atoms with van der Waals surface area (Å²) in [5.74, 6) is -1.20. The number of ether oxygens (including phenoxy) is 1. The zero-order valence-electron chi connectivity index (χ0n) is 14.1. The van der Waals surface area contributed by atoms with Crippen molar-refractivity contribution in [3.05, 3.63) is 47.9 Å². The summed E-state index contributed by atoms with van der Waals surface area (Å²) in [5.41, 5.74) is -0.0694. The molecule has 1 amide bonds. The maximum absolute atomic E-state index is 12.7. The van der Waals surface area contributed by atoms with Crippen LogP contribution in [0.5, 0.6) is 5.75 Å². The lowest BCUT2D eigenvalue weighted by atomic mass is 10.1. The molecule has 142 valence electrons. The van der Waals surface area contributed by atoms with E-state index < -0.39 is 18.5 Å². The first-order valence-electron chi connectivity index (χ1n) is 8.09. The molecular weight excluding hydrogens is 362 g/mol. The zero-order valence-corrected chi connectivity index (χ0v) is 14.1. The van der Waals surface area contributed by atoms with Crippen molar-refractivity contribution in [2.75, 3.05) is 31.1 Å². The third-order valence-electron chi connectivity index (χ3n) is 4.08. The van der Waals surface area contributed by atoms with Crippen LogP contribution in [0.2, 0.25) is 0 Å². The van der Waals surface area contributed by atoms with Crippen molar-refractivity contribution in [1.29, 1.82) is 0 Å². The summed E-state index contributed by atoms with van der Waals surface area (Å²) in [7, 11) is 0. The van der Waals surface area contributed by atoms with Gasteiger partial charge in [-0.15, -0.1) is 0 Å². The lowest BCUT2D eigenvalue weighted by Gasteiger charge is -2.35. The summed E-state index contributed by atoms with van der Waals surface area (Å²) in [5, 5.41) is 8.85. The summed E-state index contributed by atoms with van der Waals surface area (Å²) in [6.45, 7) is -1.41. The number of carbonyl (C=O) groups excluding carboxylic acids is 1. The fourth-order valence-electron chi connectivity index (χ4n) is 2.75. The smallest absolute Gasteiger partial charge is 0.387 e. The second kappa shape index (κ2) is 7.94. The number of hydrogen-bond donors (Lipinski definition) is 1. The van der Waals surface area contributed by atoms with E-state index in [1.807, 2.05) is 4.90 Å². The molecule has 0 aliphatic carbocycles. The van der Waals surface area contributed by atoms with E-state index in [0.29, 0.717) is 32.0 Å². The van der Waals surface area contributed by atoms with Gasteiger partial charge in [0.25, 0.3) is 5.91 Å². The van der Waals surface area contributed by atoms with Crippen LogP contribution in [0.3, 0.4) is 0 Å². The van der Waals surface area contributed by atoms with Crippen molar-refractivity contribution in [3.8, 4) is 5.75 Å². The van der Waals surface area contributed by atoms with Gasteiger partial charge >= 0.3 is 12.6 Å². The molecule has 1 aliphatic rings. The molecule has 1 aromatic carbocycles. The van der Waals surface area contributed by atoms with Gasteiger partial charge in [0.15, 0.2) is 5.69 Å². The van der Waals surface area contributed by atoms with Gasteiger partial charge in [-0.3, -0.25) is 4.79 Å². The summed E-state index contributed by atoms with van der Waals surface area (Å²) in [6.07, 6.45) is 2.54. The van der Waals surface area contributed by atoms with Gasteiger partial charge in [-0.05, 0) is 12.1 Å². The minimum Gasteiger partial charge on any atom is -0.476 e. The van der Waals surface area contributed by atoms with E-state index in [2.05, 4.69) is 14.7 Å². The highest BCUT2D eigenvalue weighted by Crippen LogP contribution is 2.23. The van der Waals surface area contributed by atoms with Crippen molar-refractivity contribution in [1.82, 2.24) is 14.9 Å². The van der Waals surface area contributed by atoms with E-state index in [1.165, 1.54) is 30.6 Å². The number of alkyl halides is 2. The molecular formula is C17H16F2N4O4. The largest absolute Gasteiger partial charge is 0.476 e. The molecule has 10 heteroatoms. The second-order valence-electron chi connectivity index (χ2n) is 5.72. The summed E-state index contributed by atoms with van der Waals surface area (Å²) in [6, 6.07) is 5.88. The maximum Gasteiger partial charge on any atom is 0.387 e. The number of amides is 1. The van der Waals surface area contributed by atoms with Crippen LogP contribution in [-0.4, -0.2) is 64.6 Å². The van der Waals surface area contributed by atoms with Gasteiger partial charge in [-0.2, -0.15) is 8.78 Å². The number of benzene rings is 1. The quantitative estimate of drug-likeness (QED) is 0.847. The molecule has 1 aromatic heterocycles. The summed E-state index contributed by atoms with van der Waals surface area (Å²) >= 11 is 0. The topological polar surface area (TPSA) is 95.9 Å². The van der Waals surface area contributed by atoms with Crippen molar-refractivity contribution in [2.45, 2.75) is 6.61 Å². The van der Waals surface area contributed by atoms with Crippen LogP contribution in [0.4, 0.5) is 14.6 Å². The number of carboxylic acid groups (broad SMARTS) is 1. The van der Waals surface area contributed by atoms with E-state index in [0.717, 1.165) is 0 Å². The fraction of sp³-hybridized carbons (Fsp3) is 0.294. The third-order valence-corrected chi connectivity index (χ3v) is 4.08. The number of rotatable bonds is 5. The maximum atomic E-state index is 12.7. The number of aromatic carboxylic acids is 1. The van der Waals surface area contributed by atoms with E-state index >= 15 is 0 Å². The highest BCUT2D eigenvalue weighted by Gasteiger charge is 2.25. The number of halogens is 2. The second-order valence-corrected chi connectivity index (χ2v) is 5.72. The van der Waals surface area contributed by atoms with Gasteiger partial charge in [0, 0.05) is 26.2 Å². The molecule has 0 atom stereocenters. The molecule has 27 heavy (non-hydrogen) atoms. The normalized spacial score (nSPS) is 14.3. The Balaban J connectivity index is 1.65. The highest BCUT2D eigenvalue weighted by molar-refractivity contribution is 5.97. The Morgan fingerprint density at radius 3 is 2.37 bits per heavy atom. The Hall–Kier alpha value is -3.30. The average molecular weight is 378 g/mol. The van der Waals surface area contributed by atoms with Gasteiger partial charge < -0.3 is 19.6 Å². The fourth-order valence-corrected chi connectivity index (χ4v) is 2.75. The molecule has 0 unspecified atom stereocenters. The molecule has 1 aliphatic heterocycles. The Kier molecular flexibility index (Phi) is 5.43. The first-order chi connectivity index (χ1) is 13.0. The molecule has 2 aromatic rings. The number of hydrogen-bond acceptors (Lipinski definition) is 6. The standard InChI is InChI=1S/C17H16F2N4O4/c18-17(19)27-13-4-2-1-3-11(13)15(24)23-7-5-22(6-8-23)14-10-20-12(9-21-14)16(25)26/h1-4,9-10,17H,5-8H2,(H,25,26). The number of carboxylic acids is 1. The predicted molar refractivity (Wildman–Crippen MR) is 90.2 cm³/mol. The van der Waals surface area contributed by atoms with Crippen LogP contribution in [0.25, 0.3) is 0 Å².